The van der Waals surface area contributed by atoms with Crippen molar-refractivity contribution in [2.45, 2.75) is 6.04 Å². The predicted octanol–water partition coefficient (Wildman–Crippen LogP) is 1.17. The van der Waals surface area contributed by atoms with Crippen LogP contribution in [0.2, 0.25) is 0 Å². The molecule has 0 amide bonds. The van der Waals surface area contributed by atoms with Crippen molar-refractivity contribution in [2.75, 3.05) is 13.1 Å². The quantitative estimate of drug-likeness (QED) is 0.744. The van der Waals surface area contributed by atoms with Crippen LogP contribution in [0.5, 0.6) is 0 Å². The first-order valence-electron chi connectivity index (χ1n) is 4.75. The highest BCUT2D eigenvalue weighted by atomic mass is 79.9. The molecular weight excluding hydrogens is 242 g/mol. The van der Waals surface area contributed by atoms with Gasteiger partial charge in [-0.3, -0.25) is 5.43 Å². The minimum Gasteiger partial charge on any atom is -0.330 e. The van der Waals surface area contributed by atoms with Crippen LogP contribution in [0.1, 0.15) is 11.6 Å². The van der Waals surface area contributed by atoms with Gasteiger partial charge >= 0.3 is 0 Å². The molecule has 0 spiro atoms. The molecule has 0 saturated carbocycles. The summed E-state index contributed by atoms with van der Waals surface area (Å²) in [6.45, 7) is 1.64. The second-order valence-electron chi connectivity index (χ2n) is 3.55. The third-order valence-electron chi connectivity index (χ3n) is 2.60. The van der Waals surface area contributed by atoms with Crippen LogP contribution >= 0.6 is 15.9 Å². The van der Waals surface area contributed by atoms with E-state index in [1.165, 1.54) is 5.56 Å². The summed E-state index contributed by atoms with van der Waals surface area (Å²) in [7, 11) is 0. The van der Waals surface area contributed by atoms with Gasteiger partial charge in [-0.25, -0.2) is 5.43 Å². The Morgan fingerprint density at radius 1 is 1.50 bits per heavy atom. The van der Waals surface area contributed by atoms with Crippen molar-refractivity contribution in [3.8, 4) is 0 Å². The monoisotopic (exact) mass is 255 g/mol. The van der Waals surface area contributed by atoms with E-state index in [1.807, 2.05) is 12.1 Å². The number of hydrogen-bond acceptors (Lipinski definition) is 3. The maximum atomic E-state index is 5.71. The number of hydrogen-bond donors (Lipinski definition) is 3. The molecule has 1 aliphatic heterocycles. The minimum atomic E-state index is 0.331. The summed E-state index contributed by atoms with van der Waals surface area (Å²) in [4.78, 5) is 0. The van der Waals surface area contributed by atoms with Crippen LogP contribution in [-0.2, 0) is 0 Å². The molecular formula is C10H14BrN3. The van der Waals surface area contributed by atoms with E-state index in [4.69, 9.17) is 5.73 Å². The van der Waals surface area contributed by atoms with Gasteiger partial charge in [0.1, 0.15) is 0 Å². The molecule has 4 heteroatoms. The van der Waals surface area contributed by atoms with Crippen LogP contribution in [0.25, 0.3) is 0 Å². The van der Waals surface area contributed by atoms with Crippen LogP contribution in [0, 0.1) is 5.92 Å². The van der Waals surface area contributed by atoms with E-state index >= 15 is 0 Å². The standard InChI is InChI=1S/C10H14BrN3/c11-9-3-1-2-7(4-9)10-8(5-12)6-13-14-10/h1-4,8,10,13-14H,5-6,12H2. The first-order chi connectivity index (χ1) is 6.81. The number of halogens is 1. The highest BCUT2D eigenvalue weighted by molar-refractivity contribution is 9.10. The molecule has 2 rings (SSSR count). The zero-order valence-corrected chi connectivity index (χ0v) is 9.42. The molecule has 1 saturated heterocycles. The van der Waals surface area contributed by atoms with Crippen molar-refractivity contribution in [1.82, 2.24) is 10.9 Å². The number of rotatable bonds is 2. The average molecular weight is 256 g/mol. The van der Waals surface area contributed by atoms with E-state index < -0.39 is 0 Å². The second-order valence-corrected chi connectivity index (χ2v) is 4.47. The summed E-state index contributed by atoms with van der Waals surface area (Å²) in [5.41, 5.74) is 13.4. The lowest BCUT2D eigenvalue weighted by Gasteiger charge is -2.17. The third-order valence-corrected chi connectivity index (χ3v) is 3.10. The Hall–Kier alpha value is -0.420. The Labute approximate surface area is 92.2 Å². The minimum absolute atomic E-state index is 0.331. The molecule has 0 aromatic heterocycles. The second kappa shape index (κ2) is 4.40. The summed E-state index contributed by atoms with van der Waals surface area (Å²) >= 11 is 3.47. The zero-order chi connectivity index (χ0) is 9.97. The van der Waals surface area contributed by atoms with E-state index in [-0.39, 0.29) is 0 Å². The molecule has 2 unspecified atom stereocenters. The van der Waals surface area contributed by atoms with Gasteiger partial charge in [-0.1, -0.05) is 28.1 Å². The molecule has 1 aliphatic rings. The van der Waals surface area contributed by atoms with Crippen molar-refractivity contribution < 1.29 is 0 Å². The normalized spacial score (nSPS) is 26.7. The third kappa shape index (κ3) is 1.98. The maximum absolute atomic E-state index is 5.71. The number of hydrazine groups is 1. The molecule has 1 aromatic carbocycles. The van der Waals surface area contributed by atoms with Crippen molar-refractivity contribution in [2.24, 2.45) is 11.7 Å². The number of benzene rings is 1. The highest BCUT2D eigenvalue weighted by Gasteiger charge is 2.26. The lowest BCUT2D eigenvalue weighted by atomic mass is 9.95. The van der Waals surface area contributed by atoms with Crippen LogP contribution in [0.3, 0.4) is 0 Å². The summed E-state index contributed by atoms with van der Waals surface area (Å²) in [5, 5.41) is 0. The van der Waals surface area contributed by atoms with E-state index in [0.29, 0.717) is 18.5 Å². The molecule has 4 N–H and O–H groups in total. The molecule has 0 aliphatic carbocycles. The van der Waals surface area contributed by atoms with Gasteiger partial charge in [-0.2, -0.15) is 0 Å². The molecule has 2 atom stereocenters. The summed E-state index contributed by atoms with van der Waals surface area (Å²) in [6, 6.07) is 8.67. The van der Waals surface area contributed by atoms with Gasteiger partial charge < -0.3 is 5.73 Å². The Morgan fingerprint density at radius 2 is 2.36 bits per heavy atom. The summed E-state index contributed by atoms with van der Waals surface area (Å²) in [6.07, 6.45) is 0. The molecule has 1 fully saturated rings. The van der Waals surface area contributed by atoms with E-state index in [9.17, 15) is 0 Å². The fourth-order valence-electron chi connectivity index (χ4n) is 1.81. The Bertz CT molecular complexity index is 316. The van der Waals surface area contributed by atoms with Crippen molar-refractivity contribution in [1.29, 1.82) is 0 Å². The average Bonchev–Trinajstić information content (AvgIpc) is 2.65. The molecule has 14 heavy (non-hydrogen) atoms. The van der Waals surface area contributed by atoms with Crippen molar-refractivity contribution >= 4 is 15.9 Å². The van der Waals surface area contributed by atoms with Crippen LogP contribution < -0.4 is 16.6 Å². The lowest BCUT2D eigenvalue weighted by molar-refractivity contribution is 0.483. The molecule has 0 bridgehead atoms. The maximum Gasteiger partial charge on any atom is 0.0515 e. The van der Waals surface area contributed by atoms with E-state index in [2.05, 4.69) is 38.9 Å². The molecule has 3 nitrogen and oxygen atoms in total. The van der Waals surface area contributed by atoms with Crippen LogP contribution in [0.4, 0.5) is 0 Å². The first kappa shape index (κ1) is 10.1. The van der Waals surface area contributed by atoms with Crippen LogP contribution in [0.15, 0.2) is 28.7 Å². The molecule has 1 aromatic rings. The fraction of sp³-hybridized carbons (Fsp3) is 0.400. The van der Waals surface area contributed by atoms with Crippen LogP contribution in [-0.4, -0.2) is 13.1 Å². The summed E-state index contributed by atoms with van der Waals surface area (Å²) < 4.78 is 1.11. The van der Waals surface area contributed by atoms with Gasteiger partial charge in [0, 0.05) is 16.9 Å². The largest absolute Gasteiger partial charge is 0.330 e. The smallest absolute Gasteiger partial charge is 0.0515 e. The van der Waals surface area contributed by atoms with E-state index in [0.717, 1.165) is 11.0 Å². The zero-order valence-electron chi connectivity index (χ0n) is 7.83. The molecule has 76 valence electrons. The van der Waals surface area contributed by atoms with Gasteiger partial charge in [0.25, 0.3) is 0 Å². The molecule has 1 heterocycles. The Morgan fingerprint density at radius 3 is 3.07 bits per heavy atom. The predicted molar refractivity (Wildman–Crippen MR) is 60.6 cm³/mol. The van der Waals surface area contributed by atoms with Crippen molar-refractivity contribution in [3.63, 3.8) is 0 Å². The van der Waals surface area contributed by atoms with Gasteiger partial charge in [0.2, 0.25) is 0 Å². The number of nitrogens with two attached hydrogens (primary N) is 1. The fourth-order valence-corrected chi connectivity index (χ4v) is 2.23. The Balaban J connectivity index is 2.21. The molecule has 0 radical (unpaired) electrons. The van der Waals surface area contributed by atoms with E-state index in [1.54, 1.807) is 0 Å². The van der Waals surface area contributed by atoms with Gasteiger partial charge in [0.15, 0.2) is 0 Å². The Kier molecular flexibility index (Phi) is 3.18. The lowest BCUT2D eigenvalue weighted by Crippen LogP contribution is -2.26. The number of nitrogens with one attached hydrogen (secondary N) is 2. The topological polar surface area (TPSA) is 50.1 Å². The van der Waals surface area contributed by atoms with Crippen molar-refractivity contribution in [3.05, 3.63) is 34.3 Å². The summed E-state index contributed by atoms with van der Waals surface area (Å²) in [5.74, 6) is 0.476. The van der Waals surface area contributed by atoms with Gasteiger partial charge in [-0.05, 0) is 24.2 Å². The SMILES string of the molecule is NCC1CNNC1c1cccc(Br)c1. The van der Waals surface area contributed by atoms with Gasteiger partial charge in [-0.15, -0.1) is 0 Å². The highest BCUT2D eigenvalue weighted by Crippen LogP contribution is 2.25. The van der Waals surface area contributed by atoms with Gasteiger partial charge in [0.05, 0.1) is 6.04 Å². The first-order valence-corrected chi connectivity index (χ1v) is 5.54.